The molecule has 1 unspecified atom stereocenters. The molecule has 1 amide bonds. The van der Waals surface area contributed by atoms with Crippen molar-refractivity contribution < 1.29 is 9.53 Å². The minimum absolute atomic E-state index is 0.0620. The van der Waals surface area contributed by atoms with Gasteiger partial charge in [0.25, 0.3) is 0 Å². The summed E-state index contributed by atoms with van der Waals surface area (Å²) in [4.78, 5) is 12.2. The molecular formula is C21H28N2O2. The average Bonchev–Trinajstić information content (AvgIpc) is 2.61. The predicted molar refractivity (Wildman–Crippen MR) is 104 cm³/mol. The highest BCUT2D eigenvalue weighted by molar-refractivity contribution is 5.94. The maximum Gasteiger partial charge on any atom is 0.243 e. The number of hydrogen-bond donors (Lipinski definition) is 2. The Balaban J connectivity index is 1.88. The number of benzene rings is 2. The molecule has 2 aromatic rings. The Morgan fingerprint density at radius 1 is 1.04 bits per heavy atom. The van der Waals surface area contributed by atoms with Crippen molar-refractivity contribution >= 4 is 17.3 Å². The highest BCUT2D eigenvalue weighted by atomic mass is 16.5. The number of ether oxygens (including phenoxy) is 1. The zero-order valence-electron chi connectivity index (χ0n) is 15.5. The molecule has 4 heteroatoms. The standard InChI is InChI=1S/C21H28N2O2/c1-5-16(4)25-18-12-10-17(11-13-18)22-14-21(24)23-20-9-7-6-8-19(20)15(2)3/h6-13,15-16,22H,5,14H2,1-4H3,(H,23,24). The van der Waals surface area contributed by atoms with Crippen molar-refractivity contribution in [3.05, 3.63) is 54.1 Å². The maximum atomic E-state index is 12.2. The van der Waals surface area contributed by atoms with E-state index in [-0.39, 0.29) is 18.6 Å². The minimum atomic E-state index is -0.0620. The SMILES string of the molecule is CCC(C)Oc1ccc(NCC(=O)Nc2ccccc2C(C)C)cc1. The van der Waals surface area contributed by atoms with Gasteiger partial charge >= 0.3 is 0 Å². The van der Waals surface area contributed by atoms with Crippen molar-refractivity contribution in [2.45, 2.75) is 46.1 Å². The smallest absolute Gasteiger partial charge is 0.243 e. The van der Waals surface area contributed by atoms with Crippen LogP contribution in [0.4, 0.5) is 11.4 Å². The molecule has 0 bridgehead atoms. The van der Waals surface area contributed by atoms with Crippen LogP contribution in [-0.4, -0.2) is 18.6 Å². The molecule has 1 atom stereocenters. The summed E-state index contributed by atoms with van der Waals surface area (Å²) in [7, 11) is 0. The van der Waals surface area contributed by atoms with Gasteiger partial charge in [0.1, 0.15) is 5.75 Å². The topological polar surface area (TPSA) is 50.4 Å². The fraction of sp³-hybridized carbons (Fsp3) is 0.381. The van der Waals surface area contributed by atoms with Gasteiger partial charge in [-0.2, -0.15) is 0 Å². The number of amides is 1. The Hall–Kier alpha value is -2.49. The fourth-order valence-corrected chi connectivity index (χ4v) is 2.46. The Labute approximate surface area is 150 Å². The molecule has 0 spiro atoms. The Bertz CT molecular complexity index is 681. The molecule has 0 aromatic heterocycles. The molecule has 0 fully saturated rings. The van der Waals surface area contributed by atoms with Gasteiger partial charge < -0.3 is 15.4 Å². The van der Waals surface area contributed by atoms with Gasteiger partial charge in [-0.25, -0.2) is 0 Å². The molecule has 0 radical (unpaired) electrons. The van der Waals surface area contributed by atoms with Gasteiger partial charge in [-0.05, 0) is 55.2 Å². The molecule has 0 aliphatic carbocycles. The summed E-state index contributed by atoms with van der Waals surface area (Å²) in [6, 6.07) is 15.6. The van der Waals surface area contributed by atoms with E-state index >= 15 is 0 Å². The first-order valence-electron chi connectivity index (χ1n) is 8.89. The lowest BCUT2D eigenvalue weighted by Gasteiger charge is -2.15. The van der Waals surface area contributed by atoms with Crippen LogP contribution in [0.2, 0.25) is 0 Å². The second-order valence-electron chi connectivity index (χ2n) is 6.50. The first-order chi connectivity index (χ1) is 12.0. The highest BCUT2D eigenvalue weighted by Gasteiger charge is 2.09. The van der Waals surface area contributed by atoms with Crippen LogP contribution in [0.25, 0.3) is 0 Å². The number of anilines is 2. The molecule has 4 nitrogen and oxygen atoms in total. The molecule has 2 N–H and O–H groups in total. The van der Waals surface area contributed by atoms with Gasteiger partial charge in [0.15, 0.2) is 0 Å². The van der Waals surface area contributed by atoms with Crippen molar-refractivity contribution in [3.63, 3.8) is 0 Å². The van der Waals surface area contributed by atoms with Crippen LogP contribution >= 0.6 is 0 Å². The van der Waals surface area contributed by atoms with E-state index in [0.29, 0.717) is 5.92 Å². The second kappa shape index (κ2) is 9.11. The predicted octanol–water partition coefficient (Wildman–Crippen LogP) is 5.04. The van der Waals surface area contributed by atoms with Gasteiger partial charge in [0, 0.05) is 11.4 Å². The van der Waals surface area contributed by atoms with Crippen LogP contribution in [-0.2, 0) is 4.79 Å². The number of para-hydroxylation sites is 1. The van der Waals surface area contributed by atoms with Crippen LogP contribution in [0.5, 0.6) is 5.75 Å². The van der Waals surface area contributed by atoms with E-state index in [4.69, 9.17) is 4.74 Å². The van der Waals surface area contributed by atoms with Gasteiger partial charge in [-0.3, -0.25) is 4.79 Å². The van der Waals surface area contributed by atoms with Crippen LogP contribution in [0, 0.1) is 0 Å². The molecule has 0 saturated carbocycles. The van der Waals surface area contributed by atoms with Gasteiger partial charge in [-0.1, -0.05) is 39.0 Å². The normalized spacial score (nSPS) is 11.9. The van der Waals surface area contributed by atoms with Crippen LogP contribution in [0.3, 0.4) is 0 Å². The van der Waals surface area contributed by atoms with Crippen molar-refractivity contribution in [3.8, 4) is 5.75 Å². The molecule has 2 aromatic carbocycles. The zero-order valence-corrected chi connectivity index (χ0v) is 15.5. The van der Waals surface area contributed by atoms with Crippen LogP contribution < -0.4 is 15.4 Å². The Kier molecular flexibility index (Phi) is 6.87. The summed E-state index contributed by atoms with van der Waals surface area (Å²) in [5, 5.41) is 6.12. The number of rotatable bonds is 8. The summed E-state index contributed by atoms with van der Waals surface area (Å²) < 4.78 is 5.75. The molecule has 134 valence electrons. The largest absolute Gasteiger partial charge is 0.491 e. The number of carbonyl (C=O) groups excluding carboxylic acids is 1. The summed E-state index contributed by atoms with van der Waals surface area (Å²) in [6.45, 7) is 8.60. The summed E-state index contributed by atoms with van der Waals surface area (Å²) >= 11 is 0. The molecule has 0 saturated heterocycles. The third-order valence-electron chi connectivity index (χ3n) is 4.08. The van der Waals surface area contributed by atoms with Crippen molar-refractivity contribution in [1.29, 1.82) is 0 Å². The van der Waals surface area contributed by atoms with Gasteiger partial charge in [0.2, 0.25) is 5.91 Å². The monoisotopic (exact) mass is 340 g/mol. The summed E-state index contributed by atoms with van der Waals surface area (Å²) in [6.07, 6.45) is 1.17. The van der Waals surface area contributed by atoms with E-state index < -0.39 is 0 Å². The van der Waals surface area contributed by atoms with Crippen LogP contribution in [0.15, 0.2) is 48.5 Å². The lowest BCUT2D eigenvalue weighted by molar-refractivity contribution is -0.114. The first kappa shape index (κ1) is 18.8. The highest BCUT2D eigenvalue weighted by Crippen LogP contribution is 2.23. The van der Waals surface area contributed by atoms with Gasteiger partial charge in [-0.15, -0.1) is 0 Å². The van der Waals surface area contributed by atoms with Crippen LogP contribution in [0.1, 0.15) is 45.6 Å². The van der Waals surface area contributed by atoms with Crippen molar-refractivity contribution in [2.24, 2.45) is 0 Å². The van der Waals surface area contributed by atoms with E-state index in [0.717, 1.165) is 29.1 Å². The summed E-state index contributed by atoms with van der Waals surface area (Å²) in [5.74, 6) is 1.14. The lowest BCUT2D eigenvalue weighted by atomic mass is 10.0. The second-order valence-corrected chi connectivity index (χ2v) is 6.50. The van der Waals surface area contributed by atoms with E-state index in [2.05, 4.69) is 31.4 Å². The van der Waals surface area contributed by atoms with E-state index in [1.165, 1.54) is 0 Å². The molecular weight excluding hydrogens is 312 g/mol. The quantitative estimate of drug-likeness (QED) is 0.708. The minimum Gasteiger partial charge on any atom is -0.491 e. The van der Waals surface area contributed by atoms with E-state index in [9.17, 15) is 4.79 Å². The number of nitrogens with one attached hydrogen (secondary N) is 2. The Morgan fingerprint density at radius 3 is 2.36 bits per heavy atom. The molecule has 25 heavy (non-hydrogen) atoms. The maximum absolute atomic E-state index is 12.2. The molecule has 2 rings (SSSR count). The zero-order chi connectivity index (χ0) is 18.2. The molecule has 0 aliphatic rings. The van der Waals surface area contributed by atoms with E-state index in [1.54, 1.807) is 0 Å². The lowest BCUT2D eigenvalue weighted by Crippen LogP contribution is -2.22. The fourth-order valence-electron chi connectivity index (χ4n) is 2.46. The van der Waals surface area contributed by atoms with Crippen molar-refractivity contribution in [1.82, 2.24) is 0 Å². The van der Waals surface area contributed by atoms with E-state index in [1.807, 2.05) is 55.5 Å². The Morgan fingerprint density at radius 2 is 1.72 bits per heavy atom. The first-order valence-corrected chi connectivity index (χ1v) is 8.89. The molecule has 0 aliphatic heterocycles. The third kappa shape index (κ3) is 5.82. The van der Waals surface area contributed by atoms with Crippen molar-refractivity contribution in [2.75, 3.05) is 17.2 Å². The van der Waals surface area contributed by atoms with Gasteiger partial charge in [0.05, 0.1) is 12.6 Å². The molecule has 0 heterocycles. The summed E-state index contributed by atoms with van der Waals surface area (Å²) in [5.41, 5.74) is 2.91. The number of carbonyl (C=O) groups is 1. The number of hydrogen-bond acceptors (Lipinski definition) is 3. The third-order valence-corrected chi connectivity index (χ3v) is 4.08. The average molecular weight is 340 g/mol.